The molecule has 154 valence electrons. The van der Waals surface area contributed by atoms with E-state index in [1.807, 2.05) is 49.1 Å². The second kappa shape index (κ2) is 9.21. The fraction of sp³-hybridized carbons (Fsp3) is 0.417. The monoisotopic (exact) mass is 396 g/mol. The van der Waals surface area contributed by atoms with E-state index in [1.165, 1.54) is 12.1 Å². The van der Waals surface area contributed by atoms with Crippen molar-refractivity contribution in [3.05, 3.63) is 59.9 Å². The van der Waals surface area contributed by atoms with Gasteiger partial charge in [-0.2, -0.15) is 0 Å². The molecular weight excluding hydrogens is 367 g/mol. The Balaban J connectivity index is 1.91. The van der Waals surface area contributed by atoms with E-state index in [4.69, 9.17) is 0 Å². The van der Waals surface area contributed by atoms with Gasteiger partial charge >= 0.3 is 0 Å². The number of halogens is 1. The highest BCUT2D eigenvalue weighted by molar-refractivity contribution is 5.85. The Bertz CT molecular complexity index is 883. The average molecular weight is 397 g/mol. The summed E-state index contributed by atoms with van der Waals surface area (Å²) in [6, 6.07) is 14.4. The number of benzene rings is 2. The second-order valence-corrected chi connectivity index (χ2v) is 7.80. The van der Waals surface area contributed by atoms with Gasteiger partial charge in [-0.3, -0.25) is 9.59 Å². The summed E-state index contributed by atoms with van der Waals surface area (Å²) in [4.78, 5) is 27.2. The van der Waals surface area contributed by atoms with Gasteiger partial charge in [-0.1, -0.05) is 43.3 Å². The van der Waals surface area contributed by atoms with Crippen molar-refractivity contribution < 1.29 is 14.0 Å². The van der Waals surface area contributed by atoms with E-state index < -0.39 is 5.41 Å². The van der Waals surface area contributed by atoms with E-state index in [9.17, 15) is 14.0 Å². The molecule has 1 aliphatic rings. The molecule has 1 atom stereocenters. The number of hydrogen-bond acceptors (Lipinski definition) is 2. The van der Waals surface area contributed by atoms with Crippen molar-refractivity contribution in [2.24, 2.45) is 5.41 Å². The maximum atomic E-state index is 13.6. The molecule has 2 amide bonds. The van der Waals surface area contributed by atoms with E-state index in [-0.39, 0.29) is 17.6 Å². The summed E-state index contributed by atoms with van der Waals surface area (Å²) in [6.45, 7) is 5.47. The van der Waals surface area contributed by atoms with Gasteiger partial charge in [0.1, 0.15) is 5.82 Å². The zero-order valence-corrected chi connectivity index (χ0v) is 17.2. The Hall–Kier alpha value is -2.69. The molecule has 0 aromatic heterocycles. The van der Waals surface area contributed by atoms with Gasteiger partial charge in [-0.15, -0.1) is 0 Å². The van der Waals surface area contributed by atoms with Gasteiger partial charge in [0.15, 0.2) is 0 Å². The van der Waals surface area contributed by atoms with Crippen LogP contribution >= 0.6 is 0 Å². The minimum Gasteiger partial charge on any atom is -0.356 e. The molecule has 4 nitrogen and oxygen atoms in total. The standard InChI is InChI=1S/C24H29FN2O2/c1-3-22(28)27-13-7-12-24(17-27,23(29)26-4-2)16-18-8-5-9-19(14-18)20-10-6-11-21(25)15-20/h5-6,8-11,14-15H,3-4,7,12-13,16-17H2,1-2H3,(H,26,29). The lowest BCUT2D eigenvalue weighted by Gasteiger charge is -2.42. The molecule has 1 saturated heterocycles. The maximum Gasteiger partial charge on any atom is 0.228 e. The number of amides is 2. The molecule has 0 saturated carbocycles. The Labute approximate surface area is 172 Å². The van der Waals surface area contributed by atoms with Crippen molar-refractivity contribution in [3.8, 4) is 11.1 Å². The molecule has 1 unspecified atom stereocenters. The first-order chi connectivity index (χ1) is 14.0. The molecule has 0 bridgehead atoms. The Morgan fingerprint density at radius 1 is 1.10 bits per heavy atom. The maximum absolute atomic E-state index is 13.6. The van der Waals surface area contributed by atoms with Crippen LogP contribution in [0.3, 0.4) is 0 Å². The lowest BCUT2D eigenvalue weighted by Crippen LogP contribution is -2.54. The molecule has 1 N–H and O–H groups in total. The topological polar surface area (TPSA) is 49.4 Å². The summed E-state index contributed by atoms with van der Waals surface area (Å²) in [5.74, 6) is -0.177. The predicted octanol–water partition coefficient (Wildman–Crippen LogP) is 4.19. The first-order valence-corrected chi connectivity index (χ1v) is 10.4. The van der Waals surface area contributed by atoms with Crippen LogP contribution < -0.4 is 5.32 Å². The third-order valence-corrected chi connectivity index (χ3v) is 5.68. The number of hydrogen-bond donors (Lipinski definition) is 1. The molecule has 0 radical (unpaired) electrons. The Morgan fingerprint density at radius 3 is 2.52 bits per heavy atom. The van der Waals surface area contributed by atoms with Gasteiger partial charge in [0.2, 0.25) is 11.8 Å². The fourth-order valence-electron chi connectivity index (χ4n) is 4.25. The number of nitrogens with zero attached hydrogens (tertiary/aromatic N) is 1. The van der Waals surface area contributed by atoms with Crippen LogP contribution in [0.5, 0.6) is 0 Å². The highest BCUT2D eigenvalue weighted by Gasteiger charge is 2.43. The third kappa shape index (κ3) is 4.84. The van der Waals surface area contributed by atoms with Crippen molar-refractivity contribution >= 4 is 11.8 Å². The minimum absolute atomic E-state index is 0.00441. The molecule has 3 rings (SSSR count). The summed E-state index contributed by atoms with van der Waals surface area (Å²) in [5, 5.41) is 2.98. The van der Waals surface area contributed by atoms with Crippen LogP contribution in [-0.4, -0.2) is 36.3 Å². The van der Waals surface area contributed by atoms with E-state index in [0.29, 0.717) is 32.5 Å². The molecule has 5 heteroatoms. The van der Waals surface area contributed by atoms with Gasteiger partial charge in [0.25, 0.3) is 0 Å². The number of likely N-dealkylation sites (tertiary alicyclic amines) is 1. The van der Waals surface area contributed by atoms with Crippen molar-refractivity contribution in [1.29, 1.82) is 0 Å². The quantitative estimate of drug-likeness (QED) is 0.796. The van der Waals surface area contributed by atoms with Crippen LogP contribution in [0.4, 0.5) is 4.39 Å². The highest BCUT2D eigenvalue weighted by Crippen LogP contribution is 2.35. The Morgan fingerprint density at radius 2 is 1.83 bits per heavy atom. The largest absolute Gasteiger partial charge is 0.356 e. The Kier molecular flexibility index (Phi) is 6.68. The van der Waals surface area contributed by atoms with Crippen LogP contribution in [0, 0.1) is 11.2 Å². The fourth-order valence-corrected chi connectivity index (χ4v) is 4.25. The number of rotatable bonds is 6. The van der Waals surface area contributed by atoms with Crippen LogP contribution in [0.1, 0.15) is 38.7 Å². The zero-order chi connectivity index (χ0) is 20.9. The van der Waals surface area contributed by atoms with Gasteiger partial charge in [-0.05, 0) is 55.0 Å². The average Bonchev–Trinajstić information content (AvgIpc) is 2.73. The molecule has 1 fully saturated rings. The molecule has 1 heterocycles. The van der Waals surface area contributed by atoms with Crippen LogP contribution in [0.15, 0.2) is 48.5 Å². The van der Waals surface area contributed by atoms with Gasteiger partial charge in [-0.25, -0.2) is 4.39 Å². The molecule has 1 aliphatic heterocycles. The number of nitrogens with one attached hydrogen (secondary N) is 1. The molecule has 29 heavy (non-hydrogen) atoms. The summed E-state index contributed by atoms with van der Waals surface area (Å²) >= 11 is 0. The number of carbonyl (C=O) groups excluding carboxylic acids is 2. The summed E-state index contributed by atoms with van der Waals surface area (Å²) in [6.07, 6.45) is 2.55. The molecule has 0 aliphatic carbocycles. The molecule has 2 aromatic rings. The van der Waals surface area contributed by atoms with Crippen LogP contribution in [-0.2, 0) is 16.0 Å². The normalized spacial score (nSPS) is 19.1. The lowest BCUT2D eigenvalue weighted by molar-refractivity contribution is -0.141. The third-order valence-electron chi connectivity index (χ3n) is 5.68. The van der Waals surface area contributed by atoms with E-state index >= 15 is 0 Å². The first-order valence-electron chi connectivity index (χ1n) is 10.4. The van der Waals surface area contributed by atoms with Crippen molar-refractivity contribution in [3.63, 3.8) is 0 Å². The second-order valence-electron chi connectivity index (χ2n) is 7.80. The smallest absolute Gasteiger partial charge is 0.228 e. The highest BCUT2D eigenvalue weighted by atomic mass is 19.1. The van der Waals surface area contributed by atoms with E-state index in [2.05, 4.69) is 5.32 Å². The SMILES string of the molecule is CCNC(=O)C1(Cc2cccc(-c3cccc(F)c3)c2)CCCN(C(=O)CC)C1. The van der Waals surface area contributed by atoms with Crippen LogP contribution in [0.25, 0.3) is 11.1 Å². The molecular formula is C24H29FN2O2. The van der Waals surface area contributed by atoms with Crippen molar-refractivity contribution in [2.75, 3.05) is 19.6 Å². The van der Waals surface area contributed by atoms with E-state index in [1.54, 1.807) is 6.07 Å². The summed E-state index contributed by atoms with van der Waals surface area (Å²) in [5.41, 5.74) is 2.11. The first kappa shape index (κ1) is 21.0. The number of piperidine rings is 1. The lowest BCUT2D eigenvalue weighted by atomic mass is 9.74. The van der Waals surface area contributed by atoms with E-state index in [0.717, 1.165) is 29.5 Å². The van der Waals surface area contributed by atoms with Crippen molar-refractivity contribution in [1.82, 2.24) is 10.2 Å². The predicted molar refractivity (Wildman–Crippen MR) is 113 cm³/mol. The van der Waals surface area contributed by atoms with Gasteiger partial charge < -0.3 is 10.2 Å². The zero-order valence-electron chi connectivity index (χ0n) is 17.2. The number of carbonyl (C=O) groups is 2. The van der Waals surface area contributed by atoms with Gasteiger partial charge in [0, 0.05) is 26.1 Å². The minimum atomic E-state index is -0.639. The summed E-state index contributed by atoms with van der Waals surface area (Å²) < 4.78 is 13.6. The van der Waals surface area contributed by atoms with Crippen molar-refractivity contribution in [2.45, 2.75) is 39.5 Å². The summed E-state index contributed by atoms with van der Waals surface area (Å²) in [7, 11) is 0. The van der Waals surface area contributed by atoms with Gasteiger partial charge in [0.05, 0.1) is 5.41 Å². The van der Waals surface area contributed by atoms with Crippen LogP contribution in [0.2, 0.25) is 0 Å². The molecule has 0 spiro atoms. The molecule has 2 aromatic carbocycles.